The number of benzene rings is 1. The second kappa shape index (κ2) is 4.75. The third-order valence-electron chi connectivity index (χ3n) is 3.38. The first-order chi connectivity index (χ1) is 8.16. The maximum atomic E-state index is 10.8. The molecular weight excluding hydrogens is 216 g/mol. The van der Waals surface area contributed by atoms with Crippen LogP contribution >= 0.6 is 0 Å². The van der Waals surface area contributed by atoms with Crippen LogP contribution in [-0.2, 0) is 10.2 Å². The summed E-state index contributed by atoms with van der Waals surface area (Å²) in [5.41, 5.74) is 6.19. The smallest absolute Gasteiger partial charge is 0.404 e. The number of ether oxygens (including phenoxy) is 1. The van der Waals surface area contributed by atoms with Crippen LogP contribution in [0.15, 0.2) is 30.3 Å². The van der Waals surface area contributed by atoms with Gasteiger partial charge in [-0.3, -0.25) is 0 Å². The van der Waals surface area contributed by atoms with Gasteiger partial charge < -0.3 is 15.4 Å². The predicted octanol–water partition coefficient (Wildman–Crippen LogP) is 1.36. The highest BCUT2D eigenvalue weighted by atomic mass is 16.5. The molecule has 1 fully saturated rings. The van der Waals surface area contributed by atoms with Gasteiger partial charge in [0, 0.05) is 13.1 Å². The third-order valence-corrected chi connectivity index (χ3v) is 3.38. The zero-order valence-corrected chi connectivity index (χ0v) is 10.1. The number of likely N-dealkylation sites (tertiary alicyclic amines) is 1. The quantitative estimate of drug-likeness (QED) is 0.855. The minimum absolute atomic E-state index is 0.0771. The highest BCUT2D eigenvalue weighted by molar-refractivity contribution is 5.64. The number of nitrogens with zero attached hydrogens (tertiary/aromatic N) is 1. The van der Waals surface area contributed by atoms with Gasteiger partial charge in [0.2, 0.25) is 0 Å². The number of carbonyl (C=O) groups excluding carboxylic acids is 1. The van der Waals surface area contributed by atoms with Gasteiger partial charge in [-0.15, -0.1) is 0 Å². The van der Waals surface area contributed by atoms with Crippen LogP contribution in [-0.4, -0.2) is 37.2 Å². The lowest BCUT2D eigenvalue weighted by Crippen LogP contribution is -2.61. The second-order valence-electron chi connectivity index (χ2n) is 4.56. The van der Waals surface area contributed by atoms with Crippen LogP contribution < -0.4 is 5.73 Å². The number of nitrogens with two attached hydrogens (primary N) is 1. The van der Waals surface area contributed by atoms with Crippen LogP contribution in [0, 0.1) is 0 Å². The molecule has 0 aliphatic carbocycles. The van der Waals surface area contributed by atoms with E-state index in [1.165, 1.54) is 5.56 Å². The minimum Gasteiger partial charge on any atom is -0.449 e. The van der Waals surface area contributed by atoms with E-state index in [-0.39, 0.29) is 5.41 Å². The predicted molar refractivity (Wildman–Crippen MR) is 65.8 cm³/mol. The molecule has 0 radical (unpaired) electrons. The molecule has 1 heterocycles. The molecule has 17 heavy (non-hydrogen) atoms. The summed E-state index contributed by atoms with van der Waals surface area (Å²) < 4.78 is 5.01. The Kier molecular flexibility index (Phi) is 3.33. The van der Waals surface area contributed by atoms with Crippen molar-refractivity contribution < 1.29 is 9.53 Å². The van der Waals surface area contributed by atoms with Crippen molar-refractivity contribution in [3.8, 4) is 0 Å². The Morgan fingerprint density at radius 1 is 1.41 bits per heavy atom. The summed E-state index contributed by atoms with van der Waals surface area (Å²) in [4.78, 5) is 13.1. The standard InChI is InChI=1S/C13H18N2O2/c1-2-15-8-13(9-15,10-17-12(14)16)11-6-4-3-5-7-11/h3-7H,2,8-10H2,1H3,(H2,14,16). The Balaban J connectivity index is 2.12. The van der Waals surface area contributed by atoms with Gasteiger partial charge in [-0.1, -0.05) is 37.3 Å². The van der Waals surface area contributed by atoms with Gasteiger partial charge in [-0.2, -0.15) is 0 Å². The zero-order chi connectivity index (χ0) is 12.3. The molecule has 0 saturated carbocycles. The molecule has 1 aromatic carbocycles. The van der Waals surface area contributed by atoms with E-state index >= 15 is 0 Å². The topological polar surface area (TPSA) is 55.6 Å². The number of likely N-dealkylation sites (N-methyl/N-ethyl adjacent to an activating group) is 1. The fraction of sp³-hybridized carbons (Fsp3) is 0.462. The monoisotopic (exact) mass is 234 g/mol. The van der Waals surface area contributed by atoms with Gasteiger partial charge >= 0.3 is 6.09 Å². The second-order valence-corrected chi connectivity index (χ2v) is 4.56. The summed E-state index contributed by atoms with van der Waals surface area (Å²) in [5.74, 6) is 0. The fourth-order valence-corrected chi connectivity index (χ4v) is 2.39. The van der Waals surface area contributed by atoms with Crippen molar-refractivity contribution in [3.05, 3.63) is 35.9 Å². The Morgan fingerprint density at radius 3 is 2.59 bits per heavy atom. The molecule has 4 nitrogen and oxygen atoms in total. The zero-order valence-electron chi connectivity index (χ0n) is 10.1. The maximum absolute atomic E-state index is 10.8. The van der Waals surface area contributed by atoms with Crippen molar-refractivity contribution in [2.45, 2.75) is 12.3 Å². The van der Waals surface area contributed by atoms with Crippen LogP contribution in [0.3, 0.4) is 0 Å². The van der Waals surface area contributed by atoms with Crippen molar-refractivity contribution in [2.75, 3.05) is 26.2 Å². The van der Waals surface area contributed by atoms with Gasteiger partial charge in [-0.25, -0.2) is 4.79 Å². The molecule has 0 atom stereocenters. The molecule has 0 bridgehead atoms. The normalized spacial score (nSPS) is 18.4. The summed E-state index contributed by atoms with van der Waals surface area (Å²) in [6.07, 6.45) is -0.699. The van der Waals surface area contributed by atoms with E-state index in [0.717, 1.165) is 19.6 Å². The van der Waals surface area contributed by atoms with Gasteiger partial charge in [0.1, 0.15) is 6.61 Å². The Bertz CT molecular complexity index is 386. The van der Waals surface area contributed by atoms with Crippen LogP contribution in [0.5, 0.6) is 0 Å². The Morgan fingerprint density at radius 2 is 2.06 bits per heavy atom. The van der Waals surface area contributed by atoms with E-state index in [0.29, 0.717) is 6.61 Å². The van der Waals surface area contributed by atoms with Crippen molar-refractivity contribution in [1.29, 1.82) is 0 Å². The highest BCUT2D eigenvalue weighted by Gasteiger charge is 2.44. The Labute approximate surface area is 101 Å². The fourth-order valence-electron chi connectivity index (χ4n) is 2.39. The SMILES string of the molecule is CCN1CC(COC(N)=O)(c2ccccc2)C1. The van der Waals surface area contributed by atoms with Crippen molar-refractivity contribution >= 4 is 6.09 Å². The molecule has 92 valence electrons. The first kappa shape index (κ1) is 11.9. The highest BCUT2D eigenvalue weighted by Crippen LogP contribution is 2.34. The van der Waals surface area contributed by atoms with E-state index in [9.17, 15) is 4.79 Å². The number of carbonyl (C=O) groups is 1. The molecule has 0 aromatic heterocycles. The van der Waals surface area contributed by atoms with Gasteiger partial charge in [0.15, 0.2) is 0 Å². The molecule has 0 spiro atoms. The molecule has 1 amide bonds. The molecule has 1 aliphatic rings. The van der Waals surface area contributed by atoms with Gasteiger partial charge in [-0.05, 0) is 12.1 Å². The number of rotatable bonds is 4. The molecule has 1 saturated heterocycles. The van der Waals surface area contributed by atoms with Gasteiger partial charge in [0.05, 0.1) is 5.41 Å². The minimum atomic E-state index is -0.699. The van der Waals surface area contributed by atoms with Crippen LogP contribution in [0.1, 0.15) is 12.5 Å². The maximum Gasteiger partial charge on any atom is 0.404 e. The molecule has 1 aliphatic heterocycles. The first-order valence-corrected chi connectivity index (χ1v) is 5.86. The van der Waals surface area contributed by atoms with Crippen molar-refractivity contribution in [2.24, 2.45) is 5.73 Å². The first-order valence-electron chi connectivity index (χ1n) is 5.86. The number of amides is 1. The number of primary amides is 1. The largest absolute Gasteiger partial charge is 0.449 e. The van der Waals surface area contributed by atoms with Crippen LogP contribution in [0.4, 0.5) is 4.79 Å². The molecule has 2 rings (SSSR count). The summed E-state index contributed by atoms with van der Waals surface area (Å²) in [5, 5.41) is 0. The molecule has 4 heteroatoms. The van der Waals surface area contributed by atoms with E-state index in [1.54, 1.807) is 0 Å². The van der Waals surface area contributed by atoms with E-state index in [1.807, 2.05) is 18.2 Å². The number of hydrogen-bond acceptors (Lipinski definition) is 3. The lowest BCUT2D eigenvalue weighted by atomic mass is 9.74. The molecular formula is C13H18N2O2. The Hall–Kier alpha value is -1.55. The van der Waals surface area contributed by atoms with Crippen molar-refractivity contribution in [3.63, 3.8) is 0 Å². The lowest BCUT2D eigenvalue weighted by molar-refractivity contribution is 0.0159. The lowest BCUT2D eigenvalue weighted by Gasteiger charge is -2.49. The average Bonchev–Trinajstić information content (AvgIpc) is 2.29. The van der Waals surface area contributed by atoms with Gasteiger partial charge in [0.25, 0.3) is 0 Å². The third kappa shape index (κ3) is 2.42. The summed E-state index contributed by atoms with van der Waals surface area (Å²) in [6.45, 7) is 5.35. The van der Waals surface area contributed by atoms with Crippen LogP contribution in [0.25, 0.3) is 0 Å². The molecule has 2 N–H and O–H groups in total. The summed E-state index contributed by atoms with van der Waals surface area (Å²) in [7, 11) is 0. The van der Waals surface area contributed by atoms with E-state index in [2.05, 4.69) is 24.0 Å². The molecule has 1 aromatic rings. The summed E-state index contributed by atoms with van der Waals surface area (Å²) in [6, 6.07) is 10.2. The molecule has 0 unspecified atom stereocenters. The van der Waals surface area contributed by atoms with E-state index < -0.39 is 6.09 Å². The van der Waals surface area contributed by atoms with E-state index in [4.69, 9.17) is 10.5 Å². The average molecular weight is 234 g/mol. The number of hydrogen-bond donors (Lipinski definition) is 1. The van der Waals surface area contributed by atoms with Crippen LogP contribution in [0.2, 0.25) is 0 Å². The van der Waals surface area contributed by atoms with Crippen molar-refractivity contribution in [1.82, 2.24) is 4.90 Å². The summed E-state index contributed by atoms with van der Waals surface area (Å²) >= 11 is 0.